The van der Waals surface area contributed by atoms with Crippen molar-refractivity contribution in [2.45, 2.75) is 33.4 Å². The molecule has 3 amide bonds. The highest BCUT2D eigenvalue weighted by molar-refractivity contribution is 7.20. The minimum atomic E-state index is -0.839. The van der Waals surface area contributed by atoms with Crippen LogP contribution in [0, 0.1) is 23.1 Å². The average Bonchev–Trinajstić information content (AvgIpc) is 3.74. The SMILES string of the molecule is CC(C)(C)C1[C@@H]2CN(Cc3ccc4cc(C(=O)Nc5cc(NC(=O)c6ccc7c(c6)OCCO7)ccc5F)sc4c3)C[C@@H]2CN1C(=O)O. The second-order valence-corrected chi connectivity index (χ2v) is 14.9. The van der Waals surface area contributed by atoms with Gasteiger partial charge in [-0.25, -0.2) is 9.18 Å². The molecule has 12 heteroatoms. The van der Waals surface area contributed by atoms with Crippen LogP contribution in [0.25, 0.3) is 10.1 Å². The molecule has 3 aliphatic rings. The van der Waals surface area contributed by atoms with Crippen molar-refractivity contribution < 1.29 is 33.4 Å². The molecule has 3 aliphatic heterocycles. The molecule has 1 unspecified atom stereocenters. The molecule has 0 aliphatic carbocycles. The van der Waals surface area contributed by atoms with Crippen LogP contribution in [0.2, 0.25) is 0 Å². The predicted octanol–water partition coefficient (Wildman–Crippen LogP) is 6.77. The zero-order valence-corrected chi connectivity index (χ0v) is 27.7. The van der Waals surface area contributed by atoms with Gasteiger partial charge in [-0.3, -0.25) is 14.5 Å². The first kappa shape index (κ1) is 31.9. The quantitative estimate of drug-likeness (QED) is 0.207. The number of carbonyl (C=O) groups is 3. The van der Waals surface area contributed by atoms with Gasteiger partial charge in [0.2, 0.25) is 0 Å². The maximum atomic E-state index is 14.8. The molecule has 0 spiro atoms. The average molecular weight is 673 g/mol. The third-order valence-electron chi connectivity index (χ3n) is 9.36. The lowest BCUT2D eigenvalue weighted by Gasteiger charge is -2.37. The lowest BCUT2D eigenvalue weighted by Crippen LogP contribution is -2.47. The fourth-order valence-electron chi connectivity index (χ4n) is 7.39. The molecule has 2 fully saturated rings. The Labute approximate surface area is 281 Å². The third kappa shape index (κ3) is 6.29. The molecule has 0 bridgehead atoms. The summed E-state index contributed by atoms with van der Waals surface area (Å²) in [6, 6.07) is 16.8. The van der Waals surface area contributed by atoms with Gasteiger partial charge in [-0.1, -0.05) is 32.9 Å². The molecule has 1 aromatic heterocycles. The van der Waals surface area contributed by atoms with Crippen LogP contribution in [0.5, 0.6) is 11.5 Å². The number of likely N-dealkylation sites (tertiary alicyclic amines) is 2. The van der Waals surface area contributed by atoms with Crippen LogP contribution in [0.3, 0.4) is 0 Å². The Morgan fingerprint density at radius 2 is 1.71 bits per heavy atom. The van der Waals surface area contributed by atoms with Crippen LogP contribution < -0.4 is 20.1 Å². The Morgan fingerprint density at radius 1 is 0.917 bits per heavy atom. The number of amides is 3. The molecular weight excluding hydrogens is 635 g/mol. The highest BCUT2D eigenvalue weighted by Crippen LogP contribution is 2.44. The summed E-state index contributed by atoms with van der Waals surface area (Å²) in [6.45, 7) is 10.2. The molecule has 3 atom stereocenters. The molecule has 3 aromatic carbocycles. The summed E-state index contributed by atoms with van der Waals surface area (Å²) in [7, 11) is 0. The molecule has 4 aromatic rings. The summed E-state index contributed by atoms with van der Waals surface area (Å²) < 4.78 is 26.8. The monoisotopic (exact) mass is 672 g/mol. The van der Waals surface area contributed by atoms with Crippen molar-refractivity contribution in [1.82, 2.24) is 9.80 Å². The van der Waals surface area contributed by atoms with E-state index in [2.05, 4.69) is 48.4 Å². The largest absolute Gasteiger partial charge is 0.486 e. The second kappa shape index (κ2) is 12.4. The lowest BCUT2D eigenvalue weighted by atomic mass is 9.78. The van der Waals surface area contributed by atoms with Gasteiger partial charge in [0.25, 0.3) is 11.8 Å². The van der Waals surface area contributed by atoms with Crippen molar-refractivity contribution in [3.8, 4) is 11.5 Å². The van der Waals surface area contributed by atoms with Gasteiger partial charge in [0, 0.05) is 48.2 Å². The zero-order chi connectivity index (χ0) is 33.7. The molecule has 3 N–H and O–H groups in total. The number of anilines is 2. The summed E-state index contributed by atoms with van der Waals surface area (Å²) in [4.78, 5) is 42.6. The Morgan fingerprint density at radius 3 is 2.48 bits per heavy atom. The maximum Gasteiger partial charge on any atom is 0.407 e. The van der Waals surface area contributed by atoms with Gasteiger partial charge >= 0.3 is 6.09 Å². The topological polar surface area (TPSA) is 120 Å². The van der Waals surface area contributed by atoms with E-state index in [-0.39, 0.29) is 17.1 Å². The third-order valence-corrected chi connectivity index (χ3v) is 10.5. The molecule has 2 saturated heterocycles. The molecule has 250 valence electrons. The summed E-state index contributed by atoms with van der Waals surface area (Å²) in [5.74, 6) is 0.174. The van der Waals surface area contributed by atoms with Gasteiger partial charge in [-0.05, 0) is 76.7 Å². The van der Waals surface area contributed by atoms with E-state index in [0.29, 0.717) is 59.2 Å². The number of thiophene rings is 1. The number of halogens is 1. The molecule has 7 rings (SSSR count). The van der Waals surface area contributed by atoms with Crippen LogP contribution in [0.15, 0.2) is 60.7 Å². The zero-order valence-electron chi connectivity index (χ0n) is 26.9. The highest BCUT2D eigenvalue weighted by atomic mass is 32.1. The smallest absolute Gasteiger partial charge is 0.407 e. The van der Waals surface area contributed by atoms with Crippen LogP contribution >= 0.6 is 11.3 Å². The minimum absolute atomic E-state index is 0.0210. The van der Waals surface area contributed by atoms with Gasteiger partial charge in [0.15, 0.2) is 11.5 Å². The van der Waals surface area contributed by atoms with E-state index in [0.717, 1.165) is 35.3 Å². The minimum Gasteiger partial charge on any atom is -0.486 e. The van der Waals surface area contributed by atoms with Crippen molar-refractivity contribution in [3.05, 3.63) is 82.5 Å². The van der Waals surface area contributed by atoms with Crippen molar-refractivity contribution in [2.24, 2.45) is 17.3 Å². The first-order valence-corrected chi connectivity index (χ1v) is 16.8. The van der Waals surface area contributed by atoms with Crippen molar-refractivity contribution in [2.75, 3.05) is 43.5 Å². The second-order valence-electron chi connectivity index (χ2n) is 13.8. The predicted molar refractivity (Wildman–Crippen MR) is 182 cm³/mol. The molecule has 48 heavy (non-hydrogen) atoms. The van der Waals surface area contributed by atoms with E-state index < -0.39 is 23.7 Å². The first-order valence-electron chi connectivity index (χ1n) is 16.0. The Hall–Kier alpha value is -4.68. The van der Waals surface area contributed by atoms with E-state index >= 15 is 0 Å². The summed E-state index contributed by atoms with van der Waals surface area (Å²) >= 11 is 1.33. The number of nitrogens with one attached hydrogen (secondary N) is 2. The normalized spacial score (nSPS) is 20.5. The van der Waals surface area contributed by atoms with Crippen LogP contribution in [0.4, 0.5) is 20.6 Å². The maximum absolute atomic E-state index is 14.8. The van der Waals surface area contributed by atoms with E-state index in [1.54, 1.807) is 29.2 Å². The van der Waals surface area contributed by atoms with Gasteiger partial charge in [0.05, 0.1) is 10.6 Å². The van der Waals surface area contributed by atoms with Crippen molar-refractivity contribution in [3.63, 3.8) is 0 Å². The fraction of sp³-hybridized carbons (Fsp3) is 0.361. The number of hydrogen-bond donors (Lipinski definition) is 3. The molecule has 10 nitrogen and oxygen atoms in total. The number of benzene rings is 3. The lowest BCUT2D eigenvalue weighted by molar-refractivity contribution is 0.0850. The summed E-state index contributed by atoms with van der Waals surface area (Å²) in [5, 5.41) is 16.1. The van der Waals surface area contributed by atoms with E-state index in [1.165, 1.54) is 29.5 Å². The number of nitrogens with zero attached hydrogens (tertiary/aromatic N) is 2. The van der Waals surface area contributed by atoms with Crippen molar-refractivity contribution >= 4 is 50.7 Å². The molecule has 4 heterocycles. The molecule has 0 radical (unpaired) electrons. The van der Waals surface area contributed by atoms with Crippen LogP contribution in [-0.2, 0) is 6.54 Å². The Balaban J connectivity index is 1.00. The number of carboxylic acid groups (broad SMARTS) is 1. The standard InChI is InChI=1S/C36H37FN4O6S/c1-36(2,3)32-25-19-40(17-23(25)18-41(32)35(44)45)16-20-4-5-21-14-31(48-30(21)12-20)34(43)39-27-15-24(7-8-26(27)37)38-33(42)22-6-9-28-29(13-22)47-11-10-46-28/h4-9,12-15,23,25,32H,10-11,16-19H2,1-3H3,(H,38,42)(H,39,43)(H,44,45)/t23-,25-,32?/m1/s1. The highest BCUT2D eigenvalue weighted by Gasteiger charge is 2.52. The van der Waals surface area contributed by atoms with E-state index in [1.807, 2.05) is 6.07 Å². The Kier molecular flexibility index (Phi) is 8.24. The first-order chi connectivity index (χ1) is 22.9. The summed E-state index contributed by atoms with van der Waals surface area (Å²) in [6.07, 6.45) is -0.839. The molecule has 0 saturated carbocycles. The van der Waals surface area contributed by atoms with E-state index in [4.69, 9.17) is 9.47 Å². The number of ether oxygens (including phenoxy) is 2. The Bertz CT molecular complexity index is 1920. The fourth-order valence-corrected chi connectivity index (χ4v) is 8.41. The summed E-state index contributed by atoms with van der Waals surface area (Å²) in [5.41, 5.74) is 1.60. The molecular formula is C36H37FN4O6S. The van der Waals surface area contributed by atoms with Crippen LogP contribution in [-0.4, -0.2) is 71.7 Å². The van der Waals surface area contributed by atoms with Gasteiger partial charge in [0.1, 0.15) is 19.0 Å². The number of carbonyl (C=O) groups excluding carboxylic acids is 2. The van der Waals surface area contributed by atoms with Crippen LogP contribution in [0.1, 0.15) is 46.4 Å². The number of fused-ring (bicyclic) bond motifs is 3. The number of hydrogen-bond acceptors (Lipinski definition) is 7. The van der Waals surface area contributed by atoms with Gasteiger partial charge < -0.3 is 30.1 Å². The van der Waals surface area contributed by atoms with E-state index in [9.17, 15) is 23.9 Å². The van der Waals surface area contributed by atoms with Gasteiger partial charge in [-0.15, -0.1) is 11.3 Å². The number of rotatable bonds is 6. The van der Waals surface area contributed by atoms with Crippen molar-refractivity contribution in [1.29, 1.82) is 0 Å². The van der Waals surface area contributed by atoms with Gasteiger partial charge in [-0.2, -0.15) is 0 Å².